The number of anilines is 1. The van der Waals surface area contributed by atoms with E-state index in [4.69, 9.17) is 5.73 Å². The van der Waals surface area contributed by atoms with Crippen LogP contribution in [0.1, 0.15) is 18.9 Å². The number of nitrogens with one attached hydrogen (secondary N) is 1. The predicted octanol–water partition coefficient (Wildman–Crippen LogP) is 2.69. The second-order valence-corrected chi connectivity index (χ2v) is 8.84. The largest absolute Gasteiger partial charge is 0.330 e. The molecule has 1 aromatic rings. The van der Waals surface area contributed by atoms with Crippen LogP contribution in [0.25, 0.3) is 0 Å². The summed E-state index contributed by atoms with van der Waals surface area (Å²) < 4.78 is 0. The maximum absolute atomic E-state index is 12.4. The van der Waals surface area contributed by atoms with Crippen molar-refractivity contribution in [3.05, 3.63) is 29.8 Å². The van der Waals surface area contributed by atoms with Crippen LogP contribution in [-0.2, 0) is 11.3 Å². The Kier molecular flexibility index (Phi) is 10.4. The first-order chi connectivity index (χ1) is 12.1. The minimum atomic E-state index is 0. The van der Waals surface area contributed by atoms with E-state index in [1.807, 2.05) is 23.9 Å². The zero-order valence-corrected chi connectivity index (χ0v) is 18.4. The first-order valence-corrected chi connectivity index (χ1v) is 10.3. The summed E-state index contributed by atoms with van der Waals surface area (Å²) in [5, 5.41) is 3.06. The molecule has 1 atom stereocenters. The Morgan fingerprint density at radius 3 is 2.63 bits per heavy atom. The van der Waals surface area contributed by atoms with Gasteiger partial charge >= 0.3 is 0 Å². The summed E-state index contributed by atoms with van der Waals surface area (Å²) in [6.07, 6.45) is 1.07. The molecule has 2 aliphatic rings. The van der Waals surface area contributed by atoms with Crippen molar-refractivity contribution in [3.63, 3.8) is 0 Å². The summed E-state index contributed by atoms with van der Waals surface area (Å²) in [4.78, 5) is 17.1. The minimum absolute atomic E-state index is 0. The molecule has 0 aromatic heterocycles. The average molecular weight is 435 g/mol. The third-order valence-corrected chi connectivity index (χ3v) is 6.16. The third kappa shape index (κ3) is 7.44. The lowest BCUT2D eigenvalue weighted by atomic mass is 9.90. The number of halogens is 2. The van der Waals surface area contributed by atoms with Crippen molar-refractivity contribution in [2.45, 2.75) is 19.9 Å². The number of nitrogens with two attached hydrogens (primary N) is 1. The van der Waals surface area contributed by atoms with E-state index in [0.717, 1.165) is 44.8 Å². The van der Waals surface area contributed by atoms with Gasteiger partial charge in [0.1, 0.15) is 0 Å². The first-order valence-electron chi connectivity index (χ1n) is 9.18. The van der Waals surface area contributed by atoms with E-state index in [-0.39, 0.29) is 36.1 Å². The predicted molar refractivity (Wildman–Crippen MR) is 120 cm³/mol. The van der Waals surface area contributed by atoms with Gasteiger partial charge in [-0.2, -0.15) is 11.8 Å². The Hall–Kier alpha value is -0.500. The van der Waals surface area contributed by atoms with Gasteiger partial charge in [-0.15, -0.1) is 24.8 Å². The Labute approximate surface area is 179 Å². The minimum Gasteiger partial charge on any atom is -0.330 e. The van der Waals surface area contributed by atoms with Crippen molar-refractivity contribution in [2.24, 2.45) is 11.1 Å². The van der Waals surface area contributed by atoms with E-state index in [1.165, 1.54) is 17.1 Å². The van der Waals surface area contributed by atoms with E-state index >= 15 is 0 Å². The molecule has 8 heteroatoms. The van der Waals surface area contributed by atoms with Gasteiger partial charge in [-0.3, -0.25) is 14.6 Å². The van der Waals surface area contributed by atoms with Gasteiger partial charge in [0, 0.05) is 43.4 Å². The molecule has 2 fully saturated rings. The van der Waals surface area contributed by atoms with Gasteiger partial charge in [0.25, 0.3) is 0 Å². The van der Waals surface area contributed by atoms with Gasteiger partial charge in [-0.1, -0.05) is 19.1 Å². The summed E-state index contributed by atoms with van der Waals surface area (Å²) in [6.45, 7) is 8.45. The maximum atomic E-state index is 12.4. The van der Waals surface area contributed by atoms with Crippen LogP contribution >= 0.6 is 36.6 Å². The van der Waals surface area contributed by atoms with Gasteiger partial charge in [0.2, 0.25) is 5.91 Å². The highest BCUT2D eigenvalue weighted by Crippen LogP contribution is 2.28. The van der Waals surface area contributed by atoms with Gasteiger partial charge in [-0.25, -0.2) is 0 Å². The summed E-state index contributed by atoms with van der Waals surface area (Å²) in [5.41, 5.74) is 8.17. The first kappa shape index (κ1) is 24.5. The van der Waals surface area contributed by atoms with Crippen molar-refractivity contribution in [1.29, 1.82) is 0 Å². The van der Waals surface area contributed by atoms with E-state index in [0.29, 0.717) is 13.1 Å². The van der Waals surface area contributed by atoms with Crippen LogP contribution in [0.2, 0.25) is 0 Å². The van der Waals surface area contributed by atoms with Crippen molar-refractivity contribution in [2.75, 3.05) is 56.1 Å². The lowest BCUT2D eigenvalue weighted by molar-refractivity contribution is -0.117. The quantitative estimate of drug-likeness (QED) is 0.720. The number of likely N-dealkylation sites (tertiary alicyclic amines) is 1. The van der Waals surface area contributed by atoms with Crippen LogP contribution < -0.4 is 11.1 Å². The molecule has 0 aliphatic carbocycles. The van der Waals surface area contributed by atoms with Crippen LogP contribution in [0.5, 0.6) is 0 Å². The molecule has 0 radical (unpaired) electrons. The molecular formula is C19H32Cl2N4OS. The zero-order valence-electron chi connectivity index (χ0n) is 16.0. The molecule has 2 heterocycles. The fraction of sp³-hybridized carbons (Fsp3) is 0.632. The molecular weight excluding hydrogens is 403 g/mol. The second kappa shape index (κ2) is 11.5. The van der Waals surface area contributed by atoms with Crippen LogP contribution in [0.3, 0.4) is 0 Å². The Morgan fingerprint density at radius 2 is 1.96 bits per heavy atom. The lowest BCUT2D eigenvalue weighted by Crippen LogP contribution is -2.35. The van der Waals surface area contributed by atoms with E-state index in [2.05, 4.69) is 34.2 Å². The van der Waals surface area contributed by atoms with Crippen LogP contribution in [0.15, 0.2) is 24.3 Å². The molecule has 154 valence electrons. The summed E-state index contributed by atoms with van der Waals surface area (Å²) in [7, 11) is 0. The highest BCUT2D eigenvalue weighted by Gasteiger charge is 2.33. The monoisotopic (exact) mass is 434 g/mol. The number of hydrogen-bond acceptors (Lipinski definition) is 5. The molecule has 1 aromatic carbocycles. The SMILES string of the molecule is CC1(CN)CCN(CC(=O)Nc2cccc(CN3CCSCC3)c2)C1.Cl.Cl. The standard InChI is InChI=1S/C19H30N4OS.2ClH/c1-19(14-20)5-6-23(15-19)13-18(24)21-17-4-2-3-16(11-17)12-22-7-9-25-10-8-22;;/h2-4,11H,5-10,12-15,20H2,1H3,(H,21,24);2*1H. The topological polar surface area (TPSA) is 61.6 Å². The number of rotatable bonds is 6. The van der Waals surface area contributed by atoms with Gasteiger partial charge in [0.05, 0.1) is 6.54 Å². The van der Waals surface area contributed by atoms with Crippen LogP contribution in [-0.4, -0.2) is 66.5 Å². The van der Waals surface area contributed by atoms with Gasteiger partial charge in [-0.05, 0) is 42.6 Å². The Morgan fingerprint density at radius 1 is 1.22 bits per heavy atom. The normalized spacial score (nSPS) is 23.3. The van der Waals surface area contributed by atoms with E-state index in [1.54, 1.807) is 0 Å². The third-order valence-electron chi connectivity index (χ3n) is 5.22. The molecule has 0 bridgehead atoms. The molecule has 0 spiro atoms. The Bertz CT molecular complexity index is 601. The van der Waals surface area contributed by atoms with Gasteiger partial charge in [0.15, 0.2) is 0 Å². The second-order valence-electron chi connectivity index (χ2n) is 7.61. The molecule has 1 amide bonds. The maximum Gasteiger partial charge on any atom is 0.238 e. The van der Waals surface area contributed by atoms with E-state index in [9.17, 15) is 4.79 Å². The fourth-order valence-electron chi connectivity index (χ4n) is 3.60. The fourth-order valence-corrected chi connectivity index (χ4v) is 4.57. The smallest absolute Gasteiger partial charge is 0.238 e. The number of amides is 1. The zero-order chi connectivity index (χ0) is 17.7. The average Bonchev–Trinajstić information content (AvgIpc) is 2.97. The molecule has 3 N–H and O–H groups in total. The summed E-state index contributed by atoms with van der Waals surface area (Å²) in [5.74, 6) is 2.50. The number of hydrogen-bond donors (Lipinski definition) is 2. The number of carbonyl (C=O) groups excluding carboxylic acids is 1. The number of thioether (sulfide) groups is 1. The number of benzene rings is 1. The van der Waals surface area contributed by atoms with Crippen molar-refractivity contribution < 1.29 is 4.79 Å². The molecule has 2 saturated heterocycles. The summed E-state index contributed by atoms with van der Waals surface area (Å²) in [6, 6.07) is 8.25. The number of nitrogens with zero attached hydrogens (tertiary/aromatic N) is 2. The summed E-state index contributed by atoms with van der Waals surface area (Å²) >= 11 is 2.03. The lowest BCUT2D eigenvalue weighted by Gasteiger charge is -2.26. The molecule has 2 aliphatic heterocycles. The molecule has 27 heavy (non-hydrogen) atoms. The van der Waals surface area contributed by atoms with Crippen molar-refractivity contribution in [3.8, 4) is 0 Å². The van der Waals surface area contributed by atoms with Crippen molar-refractivity contribution >= 4 is 48.2 Å². The van der Waals surface area contributed by atoms with Gasteiger partial charge < -0.3 is 11.1 Å². The van der Waals surface area contributed by atoms with Crippen molar-refractivity contribution in [1.82, 2.24) is 9.80 Å². The van der Waals surface area contributed by atoms with E-state index < -0.39 is 0 Å². The van der Waals surface area contributed by atoms with Crippen LogP contribution in [0.4, 0.5) is 5.69 Å². The molecule has 0 saturated carbocycles. The molecule has 1 unspecified atom stereocenters. The molecule has 3 rings (SSSR count). The molecule has 5 nitrogen and oxygen atoms in total. The number of carbonyl (C=O) groups is 1. The Balaban J connectivity index is 0.00000182. The van der Waals surface area contributed by atoms with Crippen LogP contribution in [0, 0.1) is 5.41 Å². The highest BCUT2D eigenvalue weighted by atomic mass is 35.5. The highest BCUT2D eigenvalue weighted by molar-refractivity contribution is 7.99.